The minimum absolute atomic E-state index is 0.0373. The molecule has 0 aliphatic rings. The standard InChI is InChI=1S/C65H130O2/c1-3-5-7-9-11-13-15-17-19-21-23-25-27-29-30-31-32-33-34-35-36-37-38-39-40-41-43-45-47-49-51-53-55-57-59-61-63-65(66)67-64-62-60-58-56-54-52-50-48-46-44-42-28-26-24-22-20-18-16-14-12-10-8-6-4-2/h3-64H2,1-2H3. The van der Waals surface area contributed by atoms with Crippen LogP contribution in [0.2, 0.25) is 0 Å². The zero-order chi connectivity index (χ0) is 48.1. The predicted octanol–water partition coefficient (Wildman–Crippen LogP) is 24.4. The van der Waals surface area contributed by atoms with Gasteiger partial charge in [-0.2, -0.15) is 0 Å². The number of carbonyl (C=O) groups is 1. The third kappa shape index (κ3) is 63.5. The van der Waals surface area contributed by atoms with E-state index < -0.39 is 0 Å². The van der Waals surface area contributed by atoms with Gasteiger partial charge in [0.25, 0.3) is 0 Å². The lowest BCUT2D eigenvalue weighted by Gasteiger charge is -2.06. The Morgan fingerprint density at radius 1 is 0.194 bits per heavy atom. The average Bonchev–Trinajstić information content (AvgIpc) is 3.33. The van der Waals surface area contributed by atoms with E-state index in [9.17, 15) is 4.79 Å². The van der Waals surface area contributed by atoms with Gasteiger partial charge in [0.2, 0.25) is 0 Å². The van der Waals surface area contributed by atoms with Crippen LogP contribution in [-0.4, -0.2) is 12.6 Å². The van der Waals surface area contributed by atoms with E-state index in [0.717, 1.165) is 12.8 Å². The highest BCUT2D eigenvalue weighted by Crippen LogP contribution is 2.19. The molecule has 0 amide bonds. The minimum atomic E-state index is 0.0373. The number of ether oxygens (including phenoxy) is 1. The maximum absolute atomic E-state index is 12.1. The molecule has 0 spiro atoms. The van der Waals surface area contributed by atoms with E-state index in [1.165, 1.54) is 372 Å². The molecule has 0 aliphatic carbocycles. The second-order valence-electron chi connectivity index (χ2n) is 22.5. The topological polar surface area (TPSA) is 26.3 Å². The van der Waals surface area contributed by atoms with Gasteiger partial charge >= 0.3 is 5.97 Å². The molecule has 0 aromatic carbocycles. The van der Waals surface area contributed by atoms with Crippen LogP contribution in [0.1, 0.15) is 406 Å². The van der Waals surface area contributed by atoms with Gasteiger partial charge in [0.05, 0.1) is 6.61 Å². The molecule has 0 atom stereocenters. The molecule has 0 saturated carbocycles. The molecule has 0 aromatic rings. The molecule has 0 fully saturated rings. The van der Waals surface area contributed by atoms with Gasteiger partial charge in [-0.25, -0.2) is 0 Å². The summed E-state index contributed by atoms with van der Waals surface area (Å²) >= 11 is 0. The maximum Gasteiger partial charge on any atom is 0.305 e. The molecule has 0 aromatic heterocycles. The Morgan fingerprint density at radius 2 is 0.328 bits per heavy atom. The van der Waals surface area contributed by atoms with E-state index in [1.54, 1.807) is 0 Å². The SMILES string of the molecule is CCCCCCCCCCCCCCCCCCCCCCCCCCCCCCCCCCCCCCC(=O)OCCCCCCCCCCCCCCCCCCCCCCCCCC. The van der Waals surface area contributed by atoms with Gasteiger partial charge in [0.1, 0.15) is 0 Å². The van der Waals surface area contributed by atoms with Gasteiger partial charge in [-0.15, -0.1) is 0 Å². The highest BCUT2D eigenvalue weighted by molar-refractivity contribution is 5.69. The van der Waals surface area contributed by atoms with Gasteiger partial charge in [0.15, 0.2) is 0 Å². The van der Waals surface area contributed by atoms with Crippen molar-refractivity contribution in [3.63, 3.8) is 0 Å². The number of hydrogen-bond acceptors (Lipinski definition) is 2. The van der Waals surface area contributed by atoms with Crippen molar-refractivity contribution in [2.75, 3.05) is 6.61 Å². The van der Waals surface area contributed by atoms with E-state index in [2.05, 4.69) is 13.8 Å². The van der Waals surface area contributed by atoms with Gasteiger partial charge in [-0.05, 0) is 12.8 Å². The summed E-state index contributed by atoms with van der Waals surface area (Å²) in [5, 5.41) is 0. The largest absolute Gasteiger partial charge is 0.466 e. The summed E-state index contributed by atoms with van der Waals surface area (Å²) in [6, 6.07) is 0. The maximum atomic E-state index is 12.1. The first kappa shape index (κ1) is 66.5. The number of rotatable bonds is 62. The fourth-order valence-corrected chi connectivity index (χ4v) is 10.7. The molecule has 2 nitrogen and oxygen atoms in total. The molecule has 0 rings (SSSR count). The normalized spacial score (nSPS) is 11.6. The second kappa shape index (κ2) is 63.5. The minimum Gasteiger partial charge on any atom is -0.466 e. The summed E-state index contributed by atoms with van der Waals surface area (Å²) < 4.78 is 5.53. The molecule has 0 aliphatic heterocycles. The van der Waals surface area contributed by atoms with Crippen molar-refractivity contribution in [1.82, 2.24) is 0 Å². The van der Waals surface area contributed by atoms with E-state index in [4.69, 9.17) is 4.74 Å². The van der Waals surface area contributed by atoms with Crippen LogP contribution in [-0.2, 0) is 9.53 Å². The molecule has 0 bridgehead atoms. The van der Waals surface area contributed by atoms with Crippen molar-refractivity contribution in [3.05, 3.63) is 0 Å². The first-order valence-corrected chi connectivity index (χ1v) is 32.5. The Morgan fingerprint density at radius 3 is 0.493 bits per heavy atom. The molecular weight excluding hydrogens is 813 g/mol. The molecule has 0 heterocycles. The number of hydrogen-bond donors (Lipinski definition) is 0. The van der Waals surface area contributed by atoms with Crippen LogP contribution >= 0.6 is 0 Å². The summed E-state index contributed by atoms with van der Waals surface area (Å²) in [6.07, 6.45) is 86.2. The Bertz CT molecular complexity index is 852. The molecular formula is C65H130O2. The zero-order valence-corrected chi connectivity index (χ0v) is 47.2. The fourth-order valence-electron chi connectivity index (χ4n) is 10.7. The highest BCUT2D eigenvalue weighted by Gasteiger charge is 2.04. The lowest BCUT2D eigenvalue weighted by molar-refractivity contribution is -0.143. The van der Waals surface area contributed by atoms with Crippen LogP contribution < -0.4 is 0 Å². The Balaban J connectivity index is 3.14. The average molecular weight is 944 g/mol. The smallest absolute Gasteiger partial charge is 0.305 e. The summed E-state index contributed by atoms with van der Waals surface area (Å²) in [5.74, 6) is 0.0373. The number of esters is 1. The first-order chi connectivity index (χ1) is 33.3. The van der Waals surface area contributed by atoms with Crippen LogP contribution in [0.15, 0.2) is 0 Å². The number of carbonyl (C=O) groups excluding carboxylic acids is 1. The second-order valence-corrected chi connectivity index (χ2v) is 22.5. The summed E-state index contributed by atoms with van der Waals surface area (Å²) in [5.41, 5.74) is 0. The fraction of sp³-hybridized carbons (Fsp3) is 0.985. The molecule has 2 heteroatoms. The third-order valence-corrected chi connectivity index (χ3v) is 15.5. The molecule has 0 unspecified atom stereocenters. The van der Waals surface area contributed by atoms with Crippen molar-refractivity contribution in [3.8, 4) is 0 Å². The van der Waals surface area contributed by atoms with Crippen molar-refractivity contribution in [1.29, 1.82) is 0 Å². The van der Waals surface area contributed by atoms with Crippen LogP contribution in [0.5, 0.6) is 0 Å². The van der Waals surface area contributed by atoms with Crippen LogP contribution in [0.25, 0.3) is 0 Å². The van der Waals surface area contributed by atoms with E-state index in [-0.39, 0.29) is 5.97 Å². The van der Waals surface area contributed by atoms with Gasteiger partial charge < -0.3 is 4.74 Å². The van der Waals surface area contributed by atoms with E-state index >= 15 is 0 Å². The Hall–Kier alpha value is -0.530. The van der Waals surface area contributed by atoms with Gasteiger partial charge in [-0.3, -0.25) is 4.79 Å². The number of unbranched alkanes of at least 4 members (excludes halogenated alkanes) is 58. The van der Waals surface area contributed by atoms with E-state index in [1.807, 2.05) is 0 Å². The molecule has 0 saturated heterocycles. The predicted molar refractivity (Wildman–Crippen MR) is 304 cm³/mol. The van der Waals surface area contributed by atoms with Crippen LogP contribution in [0.4, 0.5) is 0 Å². The highest BCUT2D eigenvalue weighted by atomic mass is 16.5. The molecule has 0 N–H and O–H groups in total. The van der Waals surface area contributed by atoms with Crippen molar-refractivity contribution in [2.24, 2.45) is 0 Å². The van der Waals surface area contributed by atoms with Gasteiger partial charge in [0, 0.05) is 6.42 Å². The summed E-state index contributed by atoms with van der Waals surface area (Å²) in [6.45, 7) is 5.25. The van der Waals surface area contributed by atoms with Crippen LogP contribution in [0.3, 0.4) is 0 Å². The van der Waals surface area contributed by atoms with Crippen LogP contribution in [0, 0.1) is 0 Å². The zero-order valence-electron chi connectivity index (χ0n) is 47.2. The lowest BCUT2D eigenvalue weighted by Crippen LogP contribution is -2.05. The van der Waals surface area contributed by atoms with Gasteiger partial charge in [-0.1, -0.05) is 386 Å². The van der Waals surface area contributed by atoms with Crippen molar-refractivity contribution in [2.45, 2.75) is 406 Å². The molecule has 402 valence electrons. The first-order valence-electron chi connectivity index (χ1n) is 32.5. The summed E-state index contributed by atoms with van der Waals surface area (Å²) in [7, 11) is 0. The third-order valence-electron chi connectivity index (χ3n) is 15.5. The molecule has 0 radical (unpaired) electrons. The Labute approximate surface area is 425 Å². The van der Waals surface area contributed by atoms with E-state index in [0.29, 0.717) is 13.0 Å². The quantitative estimate of drug-likeness (QED) is 0.0449. The summed E-state index contributed by atoms with van der Waals surface area (Å²) in [4.78, 5) is 12.1. The monoisotopic (exact) mass is 943 g/mol. The molecule has 67 heavy (non-hydrogen) atoms. The van der Waals surface area contributed by atoms with Crippen molar-refractivity contribution >= 4 is 5.97 Å². The Kier molecular flexibility index (Phi) is 63.0. The van der Waals surface area contributed by atoms with Crippen molar-refractivity contribution < 1.29 is 9.53 Å². The lowest BCUT2D eigenvalue weighted by atomic mass is 10.0.